The van der Waals surface area contributed by atoms with Crippen molar-refractivity contribution in [1.82, 2.24) is 4.98 Å². The number of pyridine rings is 1. The maximum Gasteiger partial charge on any atom is 0.126 e. The lowest BCUT2D eigenvalue weighted by Crippen LogP contribution is -2.33. The molecule has 5 N–H and O–H groups in total. The van der Waals surface area contributed by atoms with E-state index in [-0.39, 0.29) is 5.54 Å². The third kappa shape index (κ3) is 3.22. The highest BCUT2D eigenvalue weighted by atomic mass is 15.0. The predicted octanol–water partition coefficient (Wildman–Crippen LogP) is 1.20. The van der Waals surface area contributed by atoms with Gasteiger partial charge in [0, 0.05) is 5.54 Å². The molecule has 0 radical (unpaired) electrons. The summed E-state index contributed by atoms with van der Waals surface area (Å²) >= 11 is 0. The van der Waals surface area contributed by atoms with Crippen LogP contribution in [-0.2, 0) is 0 Å². The maximum atomic E-state index is 5.54. The number of rotatable bonds is 4. The van der Waals surface area contributed by atoms with Crippen molar-refractivity contribution in [3.63, 3.8) is 0 Å². The van der Waals surface area contributed by atoms with E-state index in [1.807, 2.05) is 12.1 Å². The zero-order valence-corrected chi connectivity index (χ0v) is 8.75. The number of nitrogens with two attached hydrogens (primary N) is 2. The van der Waals surface area contributed by atoms with Gasteiger partial charge in [0.2, 0.25) is 0 Å². The van der Waals surface area contributed by atoms with Crippen molar-refractivity contribution in [1.29, 1.82) is 0 Å². The Morgan fingerprint density at radius 2 is 2.14 bits per heavy atom. The molecule has 1 rings (SSSR count). The molecule has 0 aromatic carbocycles. The minimum atomic E-state index is -0.0299. The highest BCUT2D eigenvalue weighted by Crippen LogP contribution is 2.15. The standard InChI is InChI=1S/C10H18N4/c1-10(2,5-6-11)14-9-4-3-8(12)7-13-9/h3-4,7H,5-6,11-12H2,1-2H3,(H,13,14). The van der Waals surface area contributed by atoms with Crippen LogP contribution in [0.25, 0.3) is 0 Å². The normalized spacial score (nSPS) is 11.4. The summed E-state index contributed by atoms with van der Waals surface area (Å²) < 4.78 is 0. The molecule has 0 aliphatic carbocycles. The van der Waals surface area contributed by atoms with Gasteiger partial charge >= 0.3 is 0 Å². The fraction of sp³-hybridized carbons (Fsp3) is 0.500. The Bertz CT molecular complexity index is 279. The molecule has 0 aliphatic rings. The van der Waals surface area contributed by atoms with Gasteiger partial charge in [0.1, 0.15) is 5.82 Å². The van der Waals surface area contributed by atoms with Crippen molar-refractivity contribution in [2.45, 2.75) is 25.8 Å². The molecule has 14 heavy (non-hydrogen) atoms. The summed E-state index contributed by atoms with van der Waals surface area (Å²) in [6.07, 6.45) is 2.54. The first-order chi connectivity index (χ1) is 6.53. The molecule has 1 aromatic rings. The second-order valence-corrected chi connectivity index (χ2v) is 4.02. The molecule has 0 amide bonds. The number of nitrogens with zero attached hydrogens (tertiary/aromatic N) is 1. The van der Waals surface area contributed by atoms with E-state index in [9.17, 15) is 0 Å². The van der Waals surface area contributed by atoms with Crippen LogP contribution in [0.15, 0.2) is 18.3 Å². The zero-order chi connectivity index (χ0) is 10.6. The Kier molecular flexibility index (Phi) is 3.30. The van der Waals surface area contributed by atoms with Gasteiger partial charge in [-0.15, -0.1) is 0 Å². The fourth-order valence-corrected chi connectivity index (χ4v) is 1.25. The molecule has 0 aliphatic heterocycles. The second kappa shape index (κ2) is 4.28. The molecule has 0 fully saturated rings. The Labute approximate surface area is 84.7 Å². The lowest BCUT2D eigenvalue weighted by molar-refractivity contribution is 0.524. The smallest absolute Gasteiger partial charge is 0.126 e. The largest absolute Gasteiger partial charge is 0.397 e. The minimum Gasteiger partial charge on any atom is -0.397 e. The van der Waals surface area contributed by atoms with Crippen LogP contribution < -0.4 is 16.8 Å². The molecule has 0 spiro atoms. The Morgan fingerprint density at radius 3 is 2.64 bits per heavy atom. The van der Waals surface area contributed by atoms with Gasteiger partial charge in [0.05, 0.1) is 11.9 Å². The number of aromatic nitrogens is 1. The molecule has 4 nitrogen and oxygen atoms in total. The van der Waals surface area contributed by atoms with E-state index in [0.29, 0.717) is 12.2 Å². The van der Waals surface area contributed by atoms with Crippen LogP contribution >= 0.6 is 0 Å². The second-order valence-electron chi connectivity index (χ2n) is 4.02. The van der Waals surface area contributed by atoms with Crippen LogP contribution in [0.5, 0.6) is 0 Å². The topological polar surface area (TPSA) is 77.0 Å². The highest BCUT2D eigenvalue weighted by molar-refractivity contribution is 5.44. The quantitative estimate of drug-likeness (QED) is 0.673. The van der Waals surface area contributed by atoms with E-state index >= 15 is 0 Å². The van der Waals surface area contributed by atoms with Gasteiger partial charge in [-0.25, -0.2) is 4.98 Å². The minimum absolute atomic E-state index is 0.0299. The van der Waals surface area contributed by atoms with E-state index in [0.717, 1.165) is 12.2 Å². The lowest BCUT2D eigenvalue weighted by Gasteiger charge is -2.26. The van der Waals surface area contributed by atoms with Crippen LogP contribution in [0.3, 0.4) is 0 Å². The number of nitrogen functional groups attached to an aromatic ring is 1. The zero-order valence-electron chi connectivity index (χ0n) is 8.75. The van der Waals surface area contributed by atoms with Crippen molar-refractivity contribution < 1.29 is 0 Å². The van der Waals surface area contributed by atoms with Crippen molar-refractivity contribution in [3.8, 4) is 0 Å². The monoisotopic (exact) mass is 194 g/mol. The number of hydrogen-bond acceptors (Lipinski definition) is 4. The van der Waals surface area contributed by atoms with E-state index in [1.54, 1.807) is 6.20 Å². The van der Waals surface area contributed by atoms with Crippen LogP contribution in [0.2, 0.25) is 0 Å². The van der Waals surface area contributed by atoms with E-state index in [2.05, 4.69) is 24.1 Å². The number of anilines is 2. The van der Waals surface area contributed by atoms with Crippen molar-refractivity contribution in [2.75, 3.05) is 17.6 Å². The predicted molar refractivity (Wildman–Crippen MR) is 60.0 cm³/mol. The third-order valence-corrected chi connectivity index (χ3v) is 2.02. The summed E-state index contributed by atoms with van der Waals surface area (Å²) in [5.74, 6) is 0.831. The van der Waals surface area contributed by atoms with E-state index in [4.69, 9.17) is 11.5 Å². The van der Waals surface area contributed by atoms with Crippen LogP contribution in [0.1, 0.15) is 20.3 Å². The molecule has 0 atom stereocenters. The van der Waals surface area contributed by atoms with E-state index in [1.165, 1.54) is 0 Å². The first kappa shape index (κ1) is 10.8. The van der Waals surface area contributed by atoms with Gasteiger partial charge < -0.3 is 16.8 Å². The highest BCUT2D eigenvalue weighted by Gasteiger charge is 2.16. The molecular weight excluding hydrogens is 176 g/mol. The molecule has 0 unspecified atom stereocenters. The molecular formula is C10H18N4. The molecule has 0 bridgehead atoms. The molecule has 1 heterocycles. The number of hydrogen-bond donors (Lipinski definition) is 3. The van der Waals surface area contributed by atoms with Gasteiger partial charge in [-0.3, -0.25) is 0 Å². The average Bonchev–Trinajstić information content (AvgIpc) is 2.08. The molecule has 78 valence electrons. The third-order valence-electron chi connectivity index (χ3n) is 2.02. The maximum absolute atomic E-state index is 5.54. The lowest BCUT2D eigenvalue weighted by atomic mass is 10.0. The summed E-state index contributed by atoms with van der Waals surface area (Å²) in [6, 6.07) is 3.70. The summed E-state index contributed by atoms with van der Waals surface area (Å²) in [4.78, 5) is 4.17. The summed E-state index contributed by atoms with van der Waals surface area (Å²) in [5.41, 5.74) is 11.7. The van der Waals surface area contributed by atoms with Gasteiger partial charge in [-0.05, 0) is 38.9 Å². The Morgan fingerprint density at radius 1 is 1.43 bits per heavy atom. The summed E-state index contributed by atoms with van der Waals surface area (Å²) in [6.45, 7) is 4.85. The van der Waals surface area contributed by atoms with Crippen LogP contribution in [0.4, 0.5) is 11.5 Å². The summed E-state index contributed by atoms with van der Waals surface area (Å²) in [5, 5.41) is 3.30. The van der Waals surface area contributed by atoms with Crippen LogP contribution in [0, 0.1) is 0 Å². The average molecular weight is 194 g/mol. The molecule has 0 saturated carbocycles. The summed E-state index contributed by atoms with van der Waals surface area (Å²) in [7, 11) is 0. The number of nitrogens with one attached hydrogen (secondary N) is 1. The first-order valence-electron chi connectivity index (χ1n) is 4.73. The Balaban J connectivity index is 2.64. The SMILES string of the molecule is CC(C)(CCN)Nc1ccc(N)cn1. The van der Waals surface area contributed by atoms with Crippen LogP contribution in [-0.4, -0.2) is 17.1 Å². The van der Waals surface area contributed by atoms with Crippen molar-refractivity contribution in [2.24, 2.45) is 5.73 Å². The van der Waals surface area contributed by atoms with Crippen molar-refractivity contribution in [3.05, 3.63) is 18.3 Å². The fourth-order valence-electron chi connectivity index (χ4n) is 1.25. The van der Waals surface area contributed by atoms with Gasteiger partial charge in [0.15, 0.2) is 0 Å². The van der Waals surface area contributed by atoms with Gasteiger partial charge in [0.25, 0.3) is 0 Å². The van der Waals surface area contributed by atoms with Gasteiger partial charge in [-0.2, -0.15) is 0 Å². The molecule has 1 aromatic heterocycles. The molecule has 0 saturated heterocycles. The Hall–Kier alpha value is -1.29. The van der Waals surface area contributed by atoms with E-state index < -0.39 is 0 Å². The molecule has 4 heteroatoms. The van der Waals surface area contributed by atoms with Crippen molar-refractivity contribution >= 4 is 11.5 Å². The van der Waals surface area contributed by atoms with Gasteiger partial charge in [-0.1, -0.05) is 0 Å². The first-order valence-corrected chi connectivity index (χ1v) is 4.73.